The Labute approximate surface area is 190 Å². The summed E-state index contributed by atoms with van der Waals surface area (Å²) in [5, 5.41) is 32.4. The summed E-state index contributed by atoms with van der Waals surface area (Å²) in [6.45, 7) is 0.438. The van der Waals surface area contributed by atoms with Gasteiger partial charge < -0.3 is 10.6 Å². The Morgan fingerprint density at radius 2 is 1.70 bits per heavy atom. The standard InChI is InChI=1S/C25H20N6O2/c26-15-6-16-30-25-22(24(29-30)17-7-2-1-3-8-17)23(18-11-13-19(14-12-18)31(32)33)27-20-9-4-5-10-21(20)28-25/h1-5,7-14,23,27-28H,6,16H2/t23-/m0/s1. The third-order valence-corrected chi connectivity index (χ3v) is 5.68. The molecule has 8 nitrogen and oxygen atoms in total. The maximum Gasteiger partial charge on any atom is 0.269 e. The van der Waals surface area contributed by atoms with Gasteiger partial charge in [0.15, 0.2) is 0 Å². The highest BCUT2D eigenvalue weighted by atomic mass is 16.6. The number of non-ortho nitro benzene ring substituents is 1. The minimum Gasteiger partial charge on any atom is -0.372 e. The molecule has 4 aromatic rings. The van der Waals surface area contributed by atoms with Crippen molar-refractivity contribution in [1.29, 1.82) is 5.26 Å². The van der Waals surface area contributed by atoms with Crippen LogP contribution in [0.25, 0.3) is 11.3 Å². The van der Waals surface area contributed by atoms with Gasteiger partial charge in [-0.25, -0.2) is 4.68 Å². The molecule has 0 amide bonds. The Morgan fingerprint density at radius 3 is 2.39 bits per heavy atom. The summed E-state index contributed by atoms with van der Waals surface area (Å²) in [4.78, 5) is 10.8. The van der Waals surface area contributed by atoms with Crippen LogP contribution in [0.15, 0.2) is 78.9 Å². The lowest BCUT2D eigenvalue weighted by Crippen LogP contribution is -2.12. The number of hydrogen-bond acceptors (Lipinski definition) is 6. The lowest BCUT2D eigenvalue weighted by Gasteiger charge is -2.20. The third-order valence-electron chi connectivity index (χ3n) is 5.68. The van der Waals surface area contributed by atoms with Crippen molar-refractivity contribution in [2.75, 3.05) is 10.6 Å². The molecule has 0 saturated heterocycles. The van der Waals surface area contributed by atoms with Crippen LogP contribution in [0.1, 0.15) is 23.6 Å². The van der Waals surface area contributed by atoms with E-state index in [2.05, 4.69) is 16.7 Å². The van der Waals surface area contributed by atoms with Crippen molar-refractivity contribution in [1.82, 2.24) is 9.78 Å². The number of aromatic nitrogens is 2. The largest absolute Gasteiger partial charge is 0.372 e. The van der Waals surface area contributed by atoms with Gasteiger partial charge in [-0.1, -0.05) is 42.5 Å². The minimum atomic E-state index is -0.401. The van der Waals surface area contributed by atoms with Gasteiger partial charge in [0, 0.05) is 23.3 Å². The highest BCUT2D eigenvalue weighted by Gasteiger charge is 2.31. The summed E-state index contributed by atoms with van der Waals surface area (Å²) in [6.07, 6.45) is 0.321. The zero-order chi connectivity index (χ0) is 22.8. The van der Waals surface area contributed by atoms with E-state index in [1.807, 2.05) is 59.3 Å². The fourth-order valence-corrected chi connectivity index (χ4v) is 4.12. The molecule has 0 fully saturated rings. The molecule has 2 heterocycles. The fraction of sp³-hybridized carbons (Fsp3) is 0.120. The Hall–Kier alpha value is -4.64. The minimum absolute atomic E-state index is 0.0409. The number of rotatable bonds is 5. The molecule has 5 rings (SSSR count). The average Bonchev–Trinajstić information content (AvgIpc) is 3.10. The summed E-state index contributed by atoms with van der Waals surface area (Å²) < 4.78 is 1.84. The van der Waals surface area contributed by atoms with E-state index in [4.69, 9.17) is 5.10 Å². The molecule has 33 heavy (non-hydrogen) atoms. The van der Waals surface area contributed by atoms with Crippen LogP contribution in [0.2, 0.25) is 0 Å². The number of fused-ring (bicyclic) bond motifs is 2. The van der Waals surface area contributed by atoms with Crippen LogP contribution in [0.4, 0.5) is 22.9 Å². The number of para-hydroxylation sites is 2. The van der Waals surface area contributed by atoms with Gasteiger partial charge in [-0.3, -0.25) is 10.1 Å². The number of nitro groups is 1. The van der Waals surface area contributed by atoms with Gasteiger partial charge in [0.1, 0.15) is 11.5 Å². The Kier molecular flexibility index (Phi) is 5.21. The van der Waals surface area contributed by atoms with Gasteiger partial charge in [-0.2, -0.15) is 10.4 Å². The van der Waals surface area contributed by atoms with Crippen LogP contribution in [-0.4, -0.2) is 14.7 Å². The molecule has 1 aromatic heterocycles. The molecule has 2 N–H and O–H groups in total. The number of nitro benzene ring substituents is 1. The lowest BCUT2D eigenvalue weighted by molar-refractivity contribution is -0.384. The van der Waals surface area contributed by atoms with Gasteiger partial charge in [0.25, 0.3) is 5.69 Å². The predicted octanol–water partition coefficient (Wildman–Crippen LogP) is 5.63. The highest BCUT2D eigenvalue weighted by molar-refractivity contribution is 5.83. The smallest absolute Gasteiger partial charge is 0.269 e. The molecular formula is C25H20N6O2. The first-order chi connectivity index (χ1) is 16.2. The second-order valence-electron chi connectivity index (χ2n) is 7.70. The number of hydrogen-bond donors (Lipinski definition) is 2. The lowest BCUT2D eigenvalue weighted by atomic mass is 9.95. The predicted molar refractivity (Wildman–Crippen MR) is 126 cm³/mol. The van der Waals surface area contributed by atoms with Gasteiger partial charge >= 0.3 is 0 Å². The molecule has 3 aromatic carbocycles. The molecule has 1 atom stereocenters. The van der Waals surface area contributed by atoms with Crippen LogP contribution in [0.3, 0.4) is 0 Å². The molecule has 162 valence electrons. The van der Waals surface area contributed by atoms with Crippen molar-refractivity contribution in [2.24, 2.45) is 0 Å². The van der Waals surface area contributed by atoms with Crippen LogP contribution >= 0.6 is 0 Å². The van der Waals surface area contributed by atoms with E-state index >= 15 is 0 Å². The molecule has 1 aliphatic heterocycles. The quantitative estimate of drug-likeness (QED) is 0.310. The third kappa shape index (κ3) is 3.77. The van der Waals surface area contributed by atoms with Crippen molar-refractivity contribution < 1.29 is 4.92 Å². The normalized spacial score (nSPS) is 14.1. The monoisotopic (exact) mass is 436 g/mol. The van der Waals surface area contributed by atoms with Gasteiger partial charge in [0.05, 0.1) is 41.4 Å². The molecule has 0 radical (unpaired) electrons. The summed E-state index contributed by atoms with van der Waals surface area (Å²) >= 11 is 0. The first-order valence-corrected chi connectivity index (χ1v) is 10.6. The SMILES string of the molecule is N#CCCn1nc(-c2ccccc2)c2c1Nc1ccccc1N[C@H]2c1ccc([N+](=O)[O-])cc1. The van der Waals surface area contributed by atoms with E-state index in [1.54, 1.807) is 12.1 Å². The van der Waals surface area contributed by atoms with E-state index in [0.717, 1.165) is 39.6 Å². The fourth-order valence-electron chi connectivity index (χ4n) is 4.12. The zero-order valence-electron chi connectivity index (χ0n) is 17.6. The Bertz CT molecular complexity index is 1360. The summed E-state index contributed by atoms with van der Waals surface area (Å²) in [7, 11) is 0. The molecule has 0 bridgehead atoms. The Balaban J connectivity index is 1.74. The molecule has 0 unspecified atom stereocenters. The van der Waals surface area contributed by atoms with Gasteiger partial charge in [-0.05, 0) is 29.8 Å². The van der Waals surface area contributed by atoms with Crippen molar-refractivity contribution in [2.45, 2.75) is 19.0 Å². The zero-order valence-corrected chi connectivity index (χ0v) is 17.6. The number of nitrogens with zero attached hydrogens (tertiary/aromatic N) is 4. The van der Waals surface area contributed by atoms with E-state index in [1.165, 1.54) is 12.1 Å². The highest BCUT2D eigenvalue weighted by Crippen LogP contribution is 2.44. The van der Waals surface area contributed by atoms with Gasteiger partial charge in [-0.15, -0.1) is 0 Å². The van der Waals surface area contributed by atoms with Crippen LogP contribution in [-0.2, 0) is 6.54 Å². The average molecular weight is 436 g/mol. The first kappa shape index (κ1) is 20.3. The second kappa shape index (κ2) is 8.48. The van der Waals surface area contributed by atoms with E-state index in [-0.39, 0.29) is 11.7 Å². The van der Waals surface area contributed by atoms with E-state index in [0.29, 0.717) is 13.0 Å². The number of anilines is 3. The van der Waals surface area contributed by atoms with Crippen LogP contribution in [0.5, 0.6) is 0 Å². The van der Waals surface area contributed by atoms with E-state index in [9.17, 15) is 15.4 Å². The van der Waals surface area contributed by atoms with Crippen molar-refractivity contribution in [3.8, 4) is 17.3 Å². The van der Waals surface area contributed by atoms with Crippen LogP contribution < -0.4 is 10.6 Å². The second-order valence-corrected chi connectivity index (χ2v) is 7.70. The Morgan fingerprint density at radius 1 is 1.00 bits per heavy atom. The number of aryl methyl sites for hydroxylation is 1. The molecular weight excluding hydrogens is 416 g/mol. The molecule has 1 aliphatic rings. The maximum atomic E-state index is 11.2. The molecule has 0 saturated carbocycles. The summed E-state index contributed by atoms with van der Waals surface area (Å²) in [6, 6.07) is 26.2. The van der Waals surface area contributed by atoms with Crippen molar-refractivity contribution in [3.63, 3.8) is 0 Å². The maximum absolute atomic E-state index is 11.2. The summed E-state index contributed by atoms with van der Waals surface area (Å²) in [5.41, 5.74) is 5.37. The molecule has 8 heteroatoms. The van der Waals surface area contributed by atoms with E-state index < -0.39 is 4.92 Å². The van der Waals surface area contributed by atoms with Crippen molar-refractivity contribution >= 4 is 22.9 Å². The number of nitrogens with one attached hydrogen (secondary N) is 2. The number of benzene rings is 3. The number of nitriles is 1. The van der Waals surface area contributed by atoms with Crippen LogP contribution in [0, 0.1) is 21.4 Å². The first-order valence-electron chi connectivity index (χ1n) is 10.6. The van der Waals surface area contributed by atoms with Gasteiger partial charge in [0.2, 0.25) is 0 Å². The summed E-state index contributed by atoms with van der Waals surface area (Å²) in [5.74, 6) is 0.796. The molecule has 0 spiro atoms. The topological polar surface area (TPSA) is 109 Å². The van der Waals surface area contributed by atoms with Crippen molar-refractivity contribution in [3.05, 3.63) is 100 Å². The molecule has 0 aliphatic carbocycles.